The van der Waals surface area contributed by atoms with Gasteiger partial charge in [0.2, 0.25) is 11.8 Å². The van der Waals surface area contributed by atoms with Crippen LogP contribution in [0.15, 0.2) is 78.9 Å². The average molecular weight is 534 g/mol. The van der Waals surface area contributed by atoms with Gasteiger partial charge in [-0.3, -0.25) is 9.59 Å². The van der Waals surface area contributed by atoms with Gasteiger partial charge in [-0.05, 0) is 61.7 Å². The molecule has 2 atom stereocenters. The van der Waals surface area contributed by atoms with Gasteiger partial charge in [0.1, 0.15) is 29.2 Å². The molecular formula is C30H35N3O6. The third-order valence-corrected chi connectivity index (χ3v) is 5.84. The molecule has 2 unspecified atom stereocenters. The van der Waals surface area contributed by atoms with Gasteiger partial charge in [-0.25, -0.2) is 4.79 Å². The number of rotatable bonds is 9. The van der Waals surface area contributed by atoms with Gasteiger partial charge in [0.05, 0.1) is 0 Å². The molecule has 0 radical (unpaired) electrons. The van der Waals surface area contributed by atoms with Crippen LogP contribution in [0, 0.1) is 0 Å². The van der Waals surface area contributed by atoms with E-state index < -0.39 is 35.6 Å². The molecule has 0 bridgehead atoms. The summed E-state index contributed by atoms with van der Waals surface area (Å²) >= 11 is 0. The van der Waals surface area contributed by atoms with Crippen molar-refractivity contribution in [3.63, 3.8) is 0 Å². The van der Waals surface area contributed by atoms with Crippen LogP contribution in [0.25, 0.3) is 0 Å². The van der Waals surface area contributed by atoms with Crippen LogP contribution >= 0.6 is 0 Å². The smallest absolute Gasteiger partial charge is 0.408 e. The maximum absolute atomic E-state index is 13.9. The first-order valence-electron chi connectivity index (χ1n) is 12.6. The third-order valence-electron chi connectivity index (χ3n) is 5.84. The first kappa shape index (κ1) is 29.0. The molecule has 0 heterocycles. The largest absolute Gasteiger partial charge is 0.508 e. The number of hydrogen-bond acceptors (Lipinski definition) is 6. The van der Waals surface area contributed by atoms with E-state index in [1.807, 2.05) is 30.3 Å². The lowest BCUT2D eigenvalue weighted by Gasteiger charge is -2.32. The Labute approximate surface area is 228 Å². The van der Waals surface area contributed by atoms with E-state index in [0.29, 0.717) is 11.1 Å². The maximum Gasteiger partial charge on any atom is 0.408 e. The Morgan fingerprint density at radius 1 is 0.872 bits per heavy atom. The lowest BCUT2D eigenvalue weighted by Crippen LogP contribution is -2.52. The molecule has 39 heavy (non-hydrogen) atoms. The van der Waals surface area contributed by atoms with E-state index in [1.165, 1.54) is 36.2 Å². The fourth-order valence-corrected chi connectivity index (χ4v) is 4.02. The molecule has 3 aromatic carbocycles. The summed E-state index contributed by atoms with van der Waals surface area (Å²) in [5, 5.41) is 25.2. The van der Waals surface area contributed by atoms with Crippen molar-refractivity contribution in [3.05, 3.63) is 95.6 Å². The van der Waals surface area contributed by atoms with E-state index in [2.05, 4.69) is 10.6 Å². The van der Waals surface area contributed by atoms with E-state index in [9.17, 15) is 24.6 Å². The van der Waals surface area contributed by atoms with E-state index >= 15 is 0 Å². The fraction of sp³-hybridized carbons (Fsp3) is 0.300. The molecule has 0 spiro atoms. The molecule has 3 rings (SSSR count). The number of alkyl carbamates (subject to hydrolysis) is 1. The number of aromatic hydroxyl groups is 2. The van der Waals surface area contributed by atoms with Crippen molar-refractivity contribution >= 4 is 17.9 Å². The molecule has 0 aliphatic rings. The highest BCUT2D eigenvalue weighted by Gasteiger charge is 2.34. The van der Waals surface area contributed by atoms with Crippen molar-refractivity contribution in [2.24, 2.45) is 0 Å². The minimum atomic E-state index is -1.10. The number of likely N-dealkylation sites (N-methyl/N-ethyl adjacent to an activating group) is 1. The number of phenols is 2. The lowest BCUT2D eigenvalue weighted by atomic mass is 10.0. The predicted molar refractivity (Wildman–Crippen MR) is 147 cm³/mol. The summed E-state index contributed by atoms with van der Waals surface area (Å²) < 4.78 is 5.38. The second-order valence-corrected chi connectivity index (χ2v) is 10.2. The van der Waals surface area contributed by atoms with Crippen molar-refractivity contribution in [3.8, 4) is 11.5 Å². The second kappa shape index (κ2) is 12.8. The quantitative estimate of drug-likeness (QED) is 0.329. The van der Waals surface area contributed by atoms with Crippen LogP contribution in [-0.4, -0.2) is 51.7 Å². The predicted octanol–water partition coefficient (Wildman–Crippen LogP) is 4.05. The van der Waals surface area contributed by atoms with Gasteiger partial charge in [-0.1, -0.05) is 54.6 Å². The summed E-state index contributed by atoms with van der Waals surface area (Å²) in [5.74, 6) is -0.988. The molecule has 0 aliphatic heterocycles. The lowest BCUT2D eigenvalue weighted by molar-refractivity contribution is -0.140. The molecule has 3 aromatic rings. The van der Waals surface area contributed by atoms with Crippen LogP contribution in [0.3, 0.4) is 0 Å². The Hall–Kier alpha value is -4.53. The Balaban J connectivity index is 1.90. The first-order chi connectivity index (χ1) is 18.4. The monoisotopic (exact) mass is 533 g/mol. The van der Waals surface area contributed by atoms with Crippen LogP contribution in [0.4, 0.5) is 4.79 Å². The SMILES string of the molecule is CN(C(=O)C(Cc1ccc(O)cc1)NC(=O)OC(C)(C)C)C(C(=O)NCc1ccccc1)c1cccc(O)c1. The van der Waals surface area contributed by atoms with E-state index in [1.54, 1.807) is 45.0 Å². The molecule has 0 aromatic heterocycles. The standard InChI is InChI=1S/C30H35N3O6/c1-30(2,3)39-29(38)32-25(17-20-13-15-23(34)16-14-20)28(37)33(4)26(22-11-8-12-24(35)18-22)27(36)31-19-21-9-6-5-7-10-21/h5-16,18,25-26,34-35H,17,19H2,1-4H3,(H,31,36)(H,32,38). The van der Waals surface area contributed by atoms with Gasteiger partial charge in [0.15, 0.2) is 0 Å². The minimum absolute atomic E-state index is 0.0540. The number of phenolic OH excluding ortho intramolecular Hbond substituents is 2. The average Bonchev–Trinajstić information content (AvgIpc) is 2.87. The Morgan fingerprint density at radius 3 is 2.15 bits per heavy atom. The molecular weight excluding hydrogens is 498 g/mol. The highest BCUT2D eigenvalue weighted by molar-refractivity contribution is 5.92. The van der Waals surface area contributed by atoms with Crippen molar-refractivity contribution in [2.45, 2.75) is 51.4 Å². The van der Waals surface area contributed by atoms with E-state index in [-0.39, 0.29) is 24.5 Å². The highest BCUT2D eigenvalue weighted by atomic mass is 16.6. The van der Waals surface area contributed by atoms with E-state index in [4.69, 9.17) is 4.74 Å². The molecule has 9 nitrogen and oxygen atoms in total. The molecule has 206 valence electrons. The van der Waals surface area contributed by atoms with Crippen LogP contribution in [0.5, 0.6) is 11.5 Å². The molecule has 0 saturated carbocycles. The van der Waals surface area contributed by atoms with Gasteiger partial charge in [0.25, 0.3) is 0 Å². The zero-order valence-corrected chi connectivity index (χ0v) is 22.5. The highest BCUT2D eigenvalue weighted by Crippen LogP contribution is 2.25. The van der Waals surface area contributed by atoms with Crippen LogP contribution < -0.4 is 10.6 Å². The van der Waals surface area contributed by atoms with Gasteiger partial charge in [0, 0.05) is 20.0 Å². The topological polar surface area (TPSA) is 128 Å². The normalized spacial score (nSPS) is 12.6. The maximum atomic E-state index is 13.9. The van der Waals surface area contributed by atoms with Gasteiger partial charge in [-0.15, -0.1) is 0 Å². The van der Waals surface area contributed by atoms with Crippen LogP contribution in [0.2, 0.25) is 0 Å². The van der Waals surface area contributed by atoms with Crippen LogP contribution in [0.1, 0.15) is 43.5 Å². The van der Waals surface area contributed by atoms with Gasteiger partial charge >= 0.3 is 6.09 Å². The fourth-order valence-electron chi connectivity index (χ4n) is 4.02. The summed E-state index contributed by atoms with van der Waals surface area (Å²) in [5.41, 5.74) is 1.17. The number of carbonyl (C=O) groups is 3. The number of hydrogen-bond donors (Lipinski definition) is 4. The van der Waals surface area contributed by atoms with Crippen molar-refractivity contribution in [1.82, 2.24) is 15.5 Å². The molecule has 0 saturated heterocycles. The summed E-state index contributed by atoms with van der Waals surface area (Å²) in [6.07, 6.45) is -0.698. The number of amides is 3. The Morgan fingerprint density at radius 2 is 1.54 bits per heavy atom. The summed E-state index contributed by atoms with van der Waals surface area (Å²) in [4.78, 5) is 41.2. The van der Waals surface area contributed by atoms with Crippen molar-refractivity contribution < 1.29 is 29.3 Å². The first-order valence-corrected chi connectivity index (χ1v) is 12.6. The van der Waals surface area contributed by atoms with Crippen LogP contribution in [-0.2, 0) is 27.3 Å². The Bertz CT molecular complexity index is 1270. The third kappa shape index (κ3) is 8.77. The molecule has 0 fully saturated rings. The number of benzene rings is 3. The number of carbonyl (C=O) groups excluding carboxylic acids is 3. The second-order valence-electron chi connectivity index (χ2n) is 10.2. The van der Waals surface area contributed by atoms with Crippen molar-refractivity contribution in [1.29, 1.82) is 0 Å². The zero-order chi connectivity index (χ0) is 28.6. The summed E-state index contributed by atoms with van der Waals surface area (Å²) in [6, 6.07) is 19.5. The van der Waals surface area contributed by atoms with E-state index in [0.717, 1.165) is 5.56 Å². The van der Waals surface area contributed by atoms with Crippen molar-refractivity contribution in [2.75, 3.05) is 7.05 Å². The summed E-state index contributed by atoms with van der Waals surface area (Å²) in [6.45, 7) is 5.38. The number of nitrogens with one attached hydrogen (secondary N) is 2. The molecule has 0 aliphatic carbocycles. The molecule has 9 heteroatoms. The minimum Gasteiger partial charge on any atom is -0.508 e. The Kier molecular flexibility index (Phi) is 9.54. The zero-order valence-electron chi connectivity index (χ0n) is 22.5. The van der Waals surface area contributed by atoms with Gasteiger partial charge in [-0.2, -0.15) is 0 Å². The molecule has 4 N–H and O–H groups in total. The number of ether oxygens (including phenoxy) is 1. The molecule has 3 amide bonds. The summed E-state index contributed by atoms with van der Waals surface area (Å²) in [7, 11) is 1.47. The van der Waals surface area contributed by atoms with Gasteiger partial charge < -0.3 is 30.5 Å². The number of nitrogens with zero attached hydrogens (tertiary/aromatic N) is 1.